The van der Waals surface area contributed by atoms with E-state index in [2.05, 4.69) is 30.4 Å². The molecule has 4 aromatic heterocycles. The molecule has 5 aromatic rings. The average Bonchev–Trinajstić information content (AvgIpc) is 3.42. The van der Waals surface area contributed by atoms with Crippen LogP contribution in [0.1, 0.15) is 5.69 Å². The van der Waals surface area contributed by atoms with Crippen molar-refractivity contribution >= 4 is 0 Å². The lowest BCUT2D eigenvalue weighted by Gasteiger charge is -2.08. The van der Waals surface area contributed by atoms with Crippen LogP contribution in [-0.4, -0.2) is 35.1 Å². The SMILES string of the molecule is Cc1cc(-c2noc(-c3nnn(-c4ccccc4F)c3-c3ccncc3)n2)ccn1. The van der Waals surface area contributed by atoms with Crippen molar-refractivity contribution in [1.29, 1.82) is 0 Å². The normalized spacial score (nSPS) is 11.0. The molecule has 0 radical (unpaired) electrons. The number of nitrogens with zero attached hydrogens (tertiary/aromatic N) is 7. The first kappa shape index (κ1) is 17.8. The lowest BCUT2D eigenvalue weighted by Crippen LogP contribution is -2.02. The van der Waals surface area contributed by atoms with Crippen LogP contribution in [0.5, 0.6) is 0 Å². The average molecular weight is 399 g/mol. The molecule has 0 aliphatic carbocycles. The first-order valence-electron chi connectivity index (χ1n) is 9.09. The summed E-state index contributed by atoms with van der Waals surface area (Å²) in [6, 6.07) is 13.5. The van der Waals surface area contributed by atoms with Crippen LogP contribution in [0.4, 0.5) is 4.39 Å². The van der Waals surface area contributed by atoms with Gasteiger partial charge in [0.25, 0.3) is 5.89 Å². The van der Waals surface area contributed by atoms with E-state index in [0.29, 0.717) is 17.2 Å². The zero-order chi connectivity index (χ0) is 20.5. The fourth-order valence-corrected chi connectivity index (χ4v) is 3.11. The van der Waals surface area contributed by atoms with Gasteiger partial charge in [0.2, 0.25) is 5.82 Å². The predicted molar refractivity (Wildman–Crippen MR) is 106 cm³/mol. The highest BCUT2D eigenvalue weighted by atomic mass is 19.1. The van der Waals surface area contributed by atoms with Crippen LogP contribution >= 0.6 is 0 Å². The second-order valence-corrected chi connectivity index (χ2v) is 6.49. The van der Waals surface area contributed by atoms with E-state index >= 15 is 0 Å². The molecule has 1 aromatic carbocycles. The van der Waals surface area contributed by atoms with E-state index in [1.54, 1.807) is 55.0 Å². The smallest absolute Gasteiger partial charge is 0.281 e. The summed E-state index contributed by atoms with van der Waals surface area (Å²) in [7, 11) is 0. The molecule has 30 heavy (non-hydrogen) atoms. The summed E-state index contributed by atoms with van der Waals surface area (Å²) < 4.78 is 21.4. The fraction of sp³-hybridized carbons (Fsp3) is 0.0476. The number of hydrogen-bond acceptors (Lipinski definition) is 7. The van der Waals surface area contributed by atoms with Crippen LogP contribution in [-0.2, 0) is 0 Å². The number of halogens is 1. The molecule has 0 saturated heterocycles. The Labute approximate surface area is 170 Å². The van der Waals surface area contributed by atoms with Gasteiger partial charge in [-0.3, -0.25) is 9.97 Å². The van der Waals surface area contributed by atoms with E-state index in [-0.39, 0.29) is 11.6 Å². The van der Waals surface area contributed by atoms with Crippen molar-refractivity contribution in [3.05, 3.63) is 78.6 Å². The summed E-state index contributed by atoms with van der Waals surface area (Å²) in [4.78, 5) is 12.7. The zero-order valence-electron chi connectivity index (χ0n) is 15.8. The second-order valence-electron chi connectivity index (χ2n) is 6.49. The summed E-state index contributed by atoms with van der Waals surface area (Å²) in [5.74, 6) is 0.147. The van der Waals surface area contributed by atoms with Crippen LogP contribution < -0.4 is 0 Å². The van der Waals surface area contributed by atoms with Gasteiger partial charge in [-0.05, 0) is 43.3 Å². The Morgan fingerprint density at radius 3 is 2.57 bits per heavy atom. The minimum Gasteiger partial charge on any atom is -0.332 e. The predicted octanol–water partition coefficient (Wildman–Crippen LogP) is 3.89. The summed E-state index contributed by atoms with van der Waals surface area (Å²) in [6.45, 7) is 1.88. The standard InChI is InChI=1S/C21H14FN7O/c1-13-12-15(8-11-24-13)20-25-21(30-27-20)18-19(14-6-9-23-10-7-14)29(28-26-18)17-5-3-2-4-16(17)22/h2-12H,1H3. The fourth-order valence-electron chi connectivity index (χ4n) is 3.11. The van der Waals surface area contributed by atoms with Crippen molar-refractivity contribution in [2.45, 2.75) is 6.92 Å². The van der Waals surface area contributed by atoms with E-state index in [9.17, 15) is 4.39 Å². The Bertz CT molecular complexity index is 1330. The van der Waals surface area contributed by atoms with Crippen LogP contribution in [0.3, 0.4) is 0 Å². The Kier molecular flexibility index (Phi) is 4.32. The van der Waals surface area contributed by atoms with Crippen molar-refractivity contribution in [3.8, 4) is 39.9 Å². The van der Waals surface area contributed by atoms with Gasteiger partial charge < -0.3 is 4.52 Å². The summed E-state index contributed by atoms with van der Waals surface area (Å²) in [6.07, 6.45) is 4.95. The maximum absolute atomic E-state index is 14.5. The molecular weight excluding hydrogens is 385 g/mol. The first-order chi connectivity index (χ1) is 14.7. The molecule has 5 rings (SSSR count). The molecule has 0 spiro atoms. The lowest BCUT2D eigenvalue weighted by molar-refractivity contribution is 0.431. The van der Waals surface area contributed by atoms with Crippen molar-refractivity contribution in [1.82, 2.24) is 35.1 Å². The maximum Gasteiger partial charge on any atom is 0.281 e. The lowest BCUT2D eigenvalue weighted by atomic mass is 10.1. The molecule has 4 heterocycles. The molecule has 0 saturated carbocycles. The van der Waals surface area contributed by atoms with Gasteiger partial charge in [-0.15, -0.1) is 5.10 Å². The monoisotopic (exact) mass is 399 g/mol. The van der Waals surface area contributed by atoms with Crippen molar-refractivity contribution < 1.29 is 8.91 Å². The van der Waals surface area contributed by atoms with Crippen LogP contribution in [0.25, 0.3) is 39.9 Å². The van der Waals surface area contributed by atoms with Crippen molar-refractivity contribution in [3.63, 3.8) is 0 Å². The highest BCUT2D eigenvalue weighted by molar-refractivity contribution is 5.76. The molecule has 0 aliphatic rings. The number of pyridine rings is 2. The molecule has 0 unspecified atom stereocenters. The van der Waals surface area contributed by atoms with Crippen molar-refractivity contribution in [2.24, 2.45) is 0 Å². The van der Waals surface area contributed by atoms with Gasteiger partial charge >= 0.3 is 0 Å². The number of aryl methyl sites for hydroxylation is 1. The minimum atomic E-state index is -0.428. The molecule has 0 aliphatic heterocycles. The molecule has 0 fully saturated rings. The van der Waals surface area contributed by atoms with E-state index in [1.807, 2.05) is 13.0 Å². The largest absolute Gasteiger partial charge is 0.332 e. The van der Waals surface area contributed by atoms with E-state index in [4.69, 9.17) is 4.52 Å². The van der Waals surface area contributed by atoms with Gasteiger partial charge in [-0.25, -0.2) is 9.07 Å². The van der Waals surface area contributed by atoms with Crippen LogP contribution in [0.15, 0.2) is 71.6 Å². The Hall–Kier alpha value is -4.27. The summed E-state index contributed by atoms with van der Waals surface area (Å²) >= 11 is 0. The van der Waals surface area contributed by atoms with Gasteiger partial charge in [0, 0.05) is 35.4 Å². The van der Waals surface area contributed by atoms with Gasteiger partial charge in [0.15, 0.2) is 5.69 Å². The van der Waals surface area contributed by atoms with Crippen LogP contribution in [0.2, 0.25) is 0 Å². The van der Waals surface area contributed by atoms with Gasteiger partial charge in [-0.1, -0.05) is 22.5 Å². The number of benzene rings is 1. The topological polar surface area (TPSA) is 95.4 Å². The number of hydrogen-bond donors (Lipinski definition) is 0. The quantitative estimate of drug-likeness (QED) is 0.452. The second kappa shape index (κ2) is 7.28. The molecule has 9 heteroatoms. The van der Waals surface area contributed by atoms with Gasteiger partial charge in [0.05, 0.1) is 0 Å². The molecule has 8 nitrogen and oxygen atoms in total. The van der Waals surface area contributed by atoms with Crippen molar-refractivity contribution in [2.75, 3.05) is 0 Å². The molecule has 0 atom stereocenters. The summed E-state index contributed by atoms with van der Waals surface area (Å²) in [5, 5.41) is 12.4. The maximum atomic E-state index is 14.5. The zero-order valence-corrected chi connectivity index (χ0v) is 15.8. The number of rotatable bonds is 4. The van der Waals surface area contributed by atoms with E-state index < -0.39 is 5.82 Å². The molecule has 146 valence electrons. The van der Waals surface area contributed by atoms with E-state index in [0.717, 1.165) is 16.8 Å². The van der Waals surface area contributed by atoms with Gasteiger partial charge in [-0.2, -0.15) is 4.98 Å². The Morgan fingerprint density at radius 2 is 1.77 bits per heavy atom. The highest BCUT2D eigenvalue weighted by Crippen LogP contribution is 2.32. The first-order valence-corrected chi connectivity index (χ1v) is 9.09. The third kappa shape index (κ3) is 3.12. The summed E-state index contributed by atoms with van der Waals surface area (Å²) in [5.41, 5.74) is 3.45. The highest BCUT2D eigenvalue weighted by Gasteiger charge is 2.24. The third-order valence-corrected chi connectivity index (χ3v) is 4.49. The number of para-hydroxylation sites is 1. The Morgan fingerprint density at radius 1 is 0.967 bits per heavy atom. The third-order valence-electron chi connectivity index (χ3n) is 4.49. The Balaban J connectivity index is 1.68. The van der Waals surface area contributed by atoms with E-state index in [1.165, 1.54) is 10.7 Å². The van der Waals surface area contributed by atoms with Gasteiger partial charge in [0.1, 0.15) is 17.2 Å². The van der Waals surface area contributed by atoms with Crippen LogP contribution in [0, 0.1) is 12.7 Å². The minimum absolute atomic E-state index is 0.175. The molecule has 0 N–H and O–H groups in total. The molecule has 0 amide bonds. The molecule has 0 bridgehead atoms. The number of aromatic nitrogens is 7. The molecular formula is C21H14FN7O.